The average molecular weight is 688 g/mol. The molecule has 0 heterocycles. The second kappa shape index (κ2) is 18.8. The molecule has 1 atom stereocenters. The molecule has 0 saturated carbocycles. The fourth-order valence-electron chi connectivity index (χ4n) is 2.20. The summed E-state index contributed by atoms with van der Waals surface area (Å²) >= 11 is 0. The standard InChI is InChI=1S/C8H8O3.C7H11O9P.C2H8N2.C2H8O7P2/c9-7-4-2-1-3-6(7)5-8(10)11;8-4(9)1-2-7(6(12)13,3-5(10)11)17(14,15)16;3-1-2-4;1-2(3,10(4,5)6)11(7,8)9/h1-4,9H,5H2,(H,10,11);1-3H2,(H,8,9)(H,10,11)(H,12,13)(H2,14,15,16);1-4H2;3H,1H3,(H2,4,5,6)(H2,7,8,9). The van der Waals surface area contributed by atoms with Gasteiger partial charge >= 0.3 is 46.7 Å². The Morgan fingerprint density at radius 2 is 1.16 bits per heavy atom. The van der Waals surface area contributed by atoms with Gasteiger partial charge in [-0.3, -0.25) is 32.9 Å². The normalized spacial score (nSPS) is 12.9. The number of aliphatic hydroxyl groups is 1. The number of nitrogens with two attached hydrogens (primary N) is 2. The van der Waals surface area contributed by atoms with Crippen molar-refractivity contribution in [3.05, 3.63) is 29.8 Å². The molecule has 0 aliphatic heterocycles. The van der Waals surface area contributed by atoms with Crippen LogP contribution in [0.25, 0.3) is 0 Å². The molecule has 21 nitrogen and oxygen atoms in total. The second-order valence-corrected chi connectivity index (χ2v) is 14.4. The molecule has 0 aliphatic carbocycles. The molecule has 16 N–H and O–H groups in total. The third-order valence-electron chi connectivity index (χ3n) is 4.76. The maximum absolute atomic E-state index is 11.1. The highest BCUT2D eigenvalue weighted by molar-refractivity contribution is 7.71. The smallest absolute Gasteiger partial charge is 0.369 e. The molecule has 24 heteroatoms. The molecule has 0 aliphatic rings. The van der Waals surface area contributed by atoms with Crippen LogP contribution in [0.15, 0.2) is 24.3 Å². The van der Waals surface area contributed by atoms with Crippen LogP contribution in [-0.4, -0.2) is 107 Å². The van der Waals surface area contributed by atoms with Crippen molar-refractivity contribution in [2.75, 3.05) is 13.1 Å². The third-order valence-corrected chi connectivity index (χ3v) is 10.2. The number of benzene rings is 1. The number of hydrogen-bond acceptors (Lipinski definition) is 11. The molecule has 0 radical (unpaired) electrons. The molecule has 0 aromatic heterocycles. The van der Waals surface area contributed by atoms with Crippen molar-refractivity contribution < 1.29 is 92.9 Å². The third kappa shape index (κ3) is 16.6. The number of phenolic OH excluding ortho intramolecular Hbond substituents is 1. The lowest BCUT2D eigenvalue weighted by atomic mass is 9.98. The van der Waals surface area contributed by atoms with E-state index in [-0.39, 0.29) is 12.2 Å². The number of phenols is 1. The highest BCUT2D eigenvalue weighted by atomic mass is 31.2. The number of para-hydroxylation sites is 1. The van der Waals surface area contributed by atoms with Gasteiger partial charge < -0.3 is 71.5 Å². The summed E-state index contributed by atoms with van der Waals surface area (Å²) in [7, 11) is -15.7. The van der Waals surface area contributed by atoms with Gasteiger partial charge in [0.2, 0.25) is 0 Å². The lowest BCUT2D eigenvalue weighted by molar-refractivity contribution is -0.148. The van der Waals surface area contributed by atoms with E-state index in [2.05, 4.69) is 0 Å². The fourth-order valence-corrected chi connectivity index (χ4v) is 4.55. The minimum atomic E-state index is -5.32. The van der Waals surface area contributed by atoms with E-state index in [1.807, 2.05) is 0 Å². The van der Waals surface area contributed by atoms with Crippen molar-refractivity contribution in [3.8, 4) is 5.75 Å². The van der Waals surface area contributed by atoms with Crippen LogP contribution in [0.5, 0.6) is 5.75 Å². The minimum Gasteiger partial charge on any atom is -0.508 e. The number of hydrogen-bond donors (Lipinski definition) is 14. The predicted octanol–water partition coefficient (Wildman–Crippen LogP) is -1.74. The largest absolute Gasteiger partial charge is 0.508 e. The molecule has 0 bridgehead atoms. The molecular weight excluding hydrogens is 653 g/mol. The lowest BCUT2D eigenvalue weighted by Gasteiger charge is -2.27. The van der Waals surface area contributed by atoms with Crippen molar-refractivity contribution in [3.63, 3.8) is 0 Å². The van der Waals surface area contributed by atoms with Crippen LogP contribution < -0.4 is 11.5 Å². The van der Waals surface area contributed by atoms with Crippen LogP contribution >= 0.6 is 22.8 Å². The first-order valence-corrected chi connectivity index (χ1v) is 15.9. The first-order chi connectivity index (χ1) is 19.1. The molecule has 1 rings (SSSR count). The van der Waals surface area contributed by atoms with Crippen LogP contribution in [0, 0.1) is 0 Å². The highest BCUT2D eigenvalue weighted by Gasteiger charge is 2.56. The highest BCUT2D eigenvalue weighted by Crippen LogP contribution is 2.67. The summed E-state index contributed by atoms with van der Waals surface area (Å²) in [5, 5.41) is 45.6. The molecule has 43 heavy (non-hydrogen) atoms. The Balaban J connectivity index is -0.000000539. The van der Waals surface area contributed by atoms with Crippen LogP contribution in [0.3, 0.4) is 0 Å². The average Bonchev–Trinajstić information content (AvgIpc) is 2.81. The zero-order chi connectivity index (χ0) is 35.0. The maximum Gasteiger partial charge on any atom is 0.369 e. The van der Waals surface area contributed by atoms with E-state index in [9.17, 15) is 32.9 Å². The van der Waals surface area contributed by atoms with Crippen molar-refractivity contribution >= 4 is 46.7 Å². The first-order valence-electron chi connectivity index (χ1n) is 11.1. The van der Waals surface area contributed by atoms with Gasteiger partial charge in [-0.1, -0.05) is 18.2 Å². The van der Waals surface area contributed by atoms with E-state index in [1.54, 1.807) is 18.2 Å². The van der Waals surface area contributed by atoms with Gasteiger partial charge in [0, 0.05) is 25.1 Å². The van der Waals surface area contributed by atoms with Crippen LogP contribution in [0.1, 0.15) is 31.7 Å². The van der Waals surface area contributed by atoms with Crippen molar-refractivity contribution in [2.45, 2.75) is 42.8 Å². The van der Waals surface area contributed by atoms with E-state index < -0.39 is 76.2 Å². The quantitative estimate of drug-likeness (QED) is 0.108. The molecular formula is C19H35N2O19P3. The number of aliphatic carboxylic acids is 4. The summed E-state index contributed by atoms with van der Waals surface area (Å²) < 4.78 is 31.6. The molecule has 1 aromatic carbocycles. The molecule has 0 spiro atoms. The molecule has 250 valence electrons. The predicted molar refractivity (Wildman–Crippen MR) is 144 cm³/mol. The lowest BCUT2D eigenvalue weighted by Crippen LogP contribution is -2.41. The Kier molecular flexibility index (Phi) is 19.5. The van der Waals surface area contributed by atoms with Gasteiger partial charge in [0.15, 0.2) is 5.16 Å². The van der Waals surface area contributed by atoms with Gasteiger partial charge in [-0.2, -0.15) is 0 Å². The Bertz CT molecular complexity index is 1200. The zero-order valence-electron chi connectivity index (χ0n) is 22.3. The van der Waals surface area contributed by atoms with Crippen molar-refractivity contribution in [1.82, 2.24) is 0 Å². The number of aromatic hydroxyl groups is 1. The molecule has 0 fully saturated rings. The Morgan fingerprint density at radius 1 is 0.744 bits per heavy atom. The van der Waals surface area contributed by atoms with E-state index in [4.69, 9.17) is 71.5 Å². The summed E-state index contributed by atoms with van der Waals surface area (Å²) in [5.74, 6) is -6.15. The van der Waals surface area contributed by atoms with E-state index >= 15 is 0 Å². The molecule has 1 aromatic rings. The number of rotatable bonds is 12. The first kappa shape index (κ1) is 44.7. The summed E-state index contributed by atoms with van der Waals surface area (Å²) in [6, 6.07) is 6.40. The Morgan fingerprint density at radius 3 is 1.40 bits per heavy atom. The fraction of sp³-hybridized carbons (Fsp3) is 0.474. The van der Waals surface area contributed by atoms with Crippen LogP contribution in [0.4, 0.5) is 0 Å². The Hall–Kier alpha value is -2.77. The summed E-state index contributed by atoms with van der Waals surface area (Å²) in [6.07, 6.45) is -3.30. The monoisotopic (exact) mass is 688 g/mol. The topological polar surface area (TPSA) is 414 Å². The van der Waals surface area contributed by atoms with E-state index in [1.165, 1.54) is 6.07 Å². The van der Waals surface area contributed by atoms with Gasteiger partial charge in [-0.05, 0) is 19.4 Å². The Labute approximate surface area is 242 Å². The van der Waals surface area contributed by atoms with Gasteiger partial charge in [0.05, 0.1) is 12.8 Å². The van der Waals surface area contributed by atoms with Gasteiger partial charge in [-0.15, -0.1) is 0 Å². The summed E-state index contributed by atoms with van der Waals surface area (Å²) in [5.41, 5.74) is 10.2. The van der Waals surface area contributed by atoms with E-state index in [0.29, 0.717) is 25.6 Å². The van der Waals surface area contributed by atoms with Gasteiger partial charge in [0.25, 0.3) is 5.08 Å². The maximum atomic E-state index is 11.1. The van der Waals surface area contributed by atoms with Gasteiger partial charge in [-0.25, -0.2) is 0 Å². The minimum absolute atomic E-state index is 0.0369. The van der Waals surface area contributed by atoms with Crippen LogP contribution in [-0.2, 0) is 39.3 Å². The number of carboxylic acid groups (broad SMARTS) is 4. The SMILES string of the molecule is CC(O)(P(=O)(O)O)P(=O)(O)O.NCCN.O=C(O)CCC(CC(=O)O)(C(=O)O)P(=O)(O)O.O=C(O)Cc1ccccc1O. The zero-order valence-corrected chi connectivity index (χ0v) is 25.0. The molecule has 0 amide bonds. The molecule has 1 unspecified atom stereocenters. The number of carboxylic acids is 4. The summed E-state index contributed by atoms with van der Waals surface area (Å²) in [4.78, 5) is 92.7. The number of carbonyl (C=O) groups is 4. The second-order valence-electron chi connectivity index (χ2n) is 8.18. The van der Waals surface area contributed by atoms with Crippen LogP contribution in [0.2, 0.25) is 0 Å². The van der Waals surface area contributed by atoms with Gasteiger partial charge in [0.1, 0.15) is 5.75 Å². The summed E-state index contributed by atoms with van der Waals surface area (Å²) in [6.45, 7) is 1.58. The van der Waals surface area contributed by atoms with E-state index in [0.717, 1.165) is 0 Å². The molecule has 0 saturated heterocycles. The van der Waals surface area contributed by atoms with Crippen molar-refractivity contribution in [2.24, 2.45) is 11.5 Å². The van der Waals surface area contributed by atoms with Crippen molar-refractivity contribution in [1.29, 1.82) is 0 Å².